The Labute approximate surface area is 234 Å². The van der Waals surface area contributed by atoms with E-state index in [-0.39, 0.29) is 0 Å². The van der Waals surface area contributed by atoms with Gasteiger partial charge in [-0.25, -0.2) is 0 Å². The fourth-order valence-corrected chi connectivity index (χ4v) is 3.37. The second kappa shape index (κ2) is 17.2. The summed E-state index contributed by atoms with van der Waals surface area (Å²) in [4.78, 5) is 108. The molecule has 41 heavy (non-hydrogen) atoms. The van der Waals surface area contributed by atoms with Gasteiger partial charge in [-0.15, -0.1) is 0 Å². The fourth-order valence-electron chi connectivity index (χ4n) is 3.37. The van der Waals surface area contributed by atoms with Gasteiger partial charge >= 0.3 is 41.8 Å². The molecule has 6 atom stereocenters. The largest absolute Gasteiger partial charge is 0.462 e. The van der Waals surface area contributed by atoms with Crippen LogP contribution in [0.2, 0.25) is 0 Å². The third-order valence-electron chi connectivity index (χ3n) is 4.46. The van der Waals surface area contributed by atoms with Crippen molar-refractivity contribution in [3.8, 4) is 0 Å². The average molecular weight is 592 g/mol. The number of hydrogen-bond acceptors (Lipinski definition) is 16. The molecule has 0 aromatic heterocycles. The van der Waals surface area contributed by atoms with Crippen molar-refractivity contribution in [2.24, 2.45) is 0 Å². The molecule has 0 aromatic carbocycles. The molecule has 0 aromatic rings. The van der Waals surface area contributed by atoms with Crippen molar-refractivity contribution in [3.05, 3.63) is 0 Å². The fraction of sp³-hybridized carbons (Fsp3) is 0.625. The van der Waals surface area contributed by atoms with Crippen molar-refractivity contribution < 1.29 is 76.3 Å². The first-order chi connectivity index (χ1) is 18.8. The van der Waals surface area contributed by atoms with Gasteiger partial charge in [0.15, 0.2) is 30.5 Å². The number of imide groups is 1. The van der Waals surface area contributed by atoms with Crippen molar-refractivity contribution in [1.29, 1.82) is 0 Å². The minimum atomic E-state index is -2.22. The molecule has 0 aliphatic heterocycles. The molecule has 0 heterocycles. The standard InChI is InChI=1S/C24H33NO16/c1-10(26)25-24(34)23(41-17(8)33)22(40-16(7)32)21(39-15(6)31)20(38-14(5)30)19(37-13(4)29)18(36-12(3)28)9-35-11(2)27/h18-23H,9H2,1-8H3,(H,25,26,34)/t18-,19-,20-,21-,22-,23-/m1/s1. The van der Waals surface area contributed by atoms with E-state index >= 15 is 0 Å². The van der Waals surface area contributed by atoms with Gasteiger partial charge in [0.1, 0.15) is 6.61 Å². The van der Waals surface area contributed by atoms with Gasteiger partial charge in [0.25, 0.3) is 5.91 Å². The summed E-state index contributed by atoms with van der Waals surface area (Å²) < 4.78 is 35.9. The van der Waals surface area contributed by atoms with E-state index in [1.54, 1.807) is 0 Å². The molecule has 0 spiro atoms. The number of carbonyl (C=O) groups excluding carboxylic acids is 9. The highest BCUT2D eigenvalue weighted by atomic mass is 16.7. The zero-order valence-corrected chi connectivity index (χ0v) is 23.7. The van der Waals surface area contributed by atoms with Gasteiger partial charge in [-0.2, -0.15) is 0 Å². The molecule has 1 N–H and O–H groups in total. The number of ether oxygens (including phenoxy) is 7. The number of amides is 2. The molecule has 0 aliphatic rings. The van der Waals surface area contributed by atoms with Crippen LogP contribution in [-0.2, 0) is 76.3 Å². The molecular weight excluding hydrogens is 558 g/mol. The van der Waals surface area contributed by atoms with Crippen LogP contribution in [0.5, 0.6) is 0 Å². The number of carbonyl (C=O) groups is 9. The van der Waals surface area contributed by atoms with Crippen LogP contribution in [0.25, 0.3) is 0 Å². The van der Waals surface area contributed by atoms with Crippen molar-refractivity contribution in [2.75, 3.05) is 6.61 Å². The van der Waals surface area contributed by atoms with Crippen molar-refractivity contribution in [3.63, 3.8) is 0 Å². The summed E-state index contributed by atoms with van der Waals surface area (Å²) in [5.74, 6) is -9.70. The molecule has 0 radical (unpaired) electrons. The monoisotopic (exact) mass is 591 g/mol. The quantitative estimate of drug-likeness (QED) is 0.185. The Kier molecular flexibility index (Phi) is 15.3. The predicted molar refractivity (Wildman–Crippen MR) is 129 cm³/mol. The van der Waals surface area contributed by atoms with E-state index in [0.717, 1.165) is 55.4 Å². The molecule has 0 fully saturated rings. The molecule has 0 saturated heterocycles. The maximum Gasteiger partial charge on any atom is 0.303 e. The van der Waals surface area contributed by atoms with Crippen LogP contribution in [0.4, 0.5) is 0 Å². The molecule has 0 saturated carbocycles. The van der Waals surface area contributed by atoms with Gasteiger partial charge < -0.3 is 33.2 Å². The van der Waals surface area contributed by atoms with E-state index in [2.05, 4.69) is 0 Å². The van der Waals surface area contributed by atoms with Crippen LogP contribution >= 0.6 is 0 Å². The van der Waals surface area contributed by atoms with Gasteiger partial charge in [0, 0.05) is 55.4 Å². The smallest absolute Gasteiger partial charge is 0.303 e. The number of hydrogen-bond donors (Lipinski definition) is 1. The van der Waals surface area contributed by atoms with Crippen molar-refractivity contribution in [1.82, 2.24) is 5.32 Å². The zero-order chi connectivity index (χ0) is 32.0. The first-order valence-electron chi connectivity index (χ1n) is 11.8. The zero-order valence-electron chi connectivity index (χ0n) is 23.7. The maximum absolute atomic E-state index is 12.9. The van der Waals surface area contributed by atoms with Gasteiger partial charge in [-0.05, 0) is 0 Å². The lowest BCUT2D eigenvalue weighted by Gasteiger charge is -2.39. The molecule has 2 amide bonds. The highest BCUT2D eigenvalue weighted by Gasteiger charge is 2.52. The Bertz CT molecular complexity index is 1040. The SMILES string of the molecule is CC(=O)NC(=O)[C@H](OC(C)=O)[C@H](OC(C)=O)[C@H](OC(C)=O)[C@H](OC(C)=O)[C@H](OC(C)=O)[C@@H](COC(C)=O)OC(C)=O. The second-order valence-corrected chi connectivity index (χ2v) is 8.32. The summed E-state index contributed by atoms with van der Waals surface area (Å²) >= 11 is 0. The van der Waals surface area contributed by atoms with Crippen LogP contribution < -0.4 is 5.32 Å². The Balaban J connectivity index is 7.43. The minimum absolute atomic E-state index is 0.784. The van der Waals surface area contributed by atoms with E-state index in [0.29, 0.717) is 0 Å². The first kappa shape index (κ1) is 36.4. The maximum atomic E-state index is 12.9. The van der Waals surface area contributed by atoms with Crippen molar-refractivity contribution in [2.45, 2.75) is 92.0 Å². The Hall–Kier alpha value is -4.57. The molecule has 17 heteroatoms. The number of rotatable bonds is 14. The summed E-state index contributed by atoms with van der Waals surface area (Å²) in [5, 5.41) is 1.83. The molecule has 0 aliphatic carbocycles. The molecule has 0 rings (SSSR count). The summed E-state index contributed by atoms with van der Waals surface area (Å²) in [6.45, 7) is 6.47. The topological polar surface area (TPSA) is 230 Å². The molecule has 0 unspecified atom stereocenters. The van der Waals surface area contributed by atoms with E-state index in [1.807, 2.05) is 5.32 Å². The number of esters is 7. The Morgan fingerprint density at radius 1 is 0.463 bits per heavy atom. The lowest BCUT2D eigenvalue weighted by atomic mass is 9.94. The third kappa shape index (κ3) is 14.4. The third-order valence-corrected chi connectivity index (χ3v) is 4.46. The van der Waals surface area contributed by atoms with Crippen LogP contribution in [0.3, 0.4) is 0 Å². The molecule has 0 bridgehead atoms. The molecule has 230 valence electrons. The molecule has 17 nitrogen and oxygen atoms in total. The van der Waals surface area contributed by atoms with Crippen LogP contribution in [0, 0.1) is 0 Å². The lowest BCUT2D eigenvalue weighted by molar-refractivity contribution is -0.221. The van der Waals surface area contributed by atoms with Gasteiger partial charge in [-0.1, -0.05) is 0 Å². The summed E-state index contributed by atoms with van der Waals surface area (Å²) in [5.41, 5.74) is 0. The summed E-state index contributed by atoms with van der Waals surface area (Å²) in [7, 11) is 0. The van der Waals surface area contributed by atoms with Crippen LogP contribution in [0.1, 0.15) is 55.4 Å². The van der Waals surface area contributed by atoms with Gasteiger partial charge in [0.2, 0.25) is 12.0 Å². The second-order valence-electron chi connectivity index (χ2n) is 8.32. The van der Waals surface area contributed by atoms with Crippen LogP contribution in [0.15, 0.2) is 0 Å². The number of nitrogens with one attached hydrogen (secondary N) is 1. The van der Waals surface area contributed by atoms with Crippen molar-refractivity contribution >= 4 is 53.6 Å². The minimum Gasteiger partial charge on any atom is -0.462 e. The Morgan fingerprint density at radius 3 is 1.20 bits per heavy atom. The lowest BCUT2D eigenvalue weighted by Crippen LogP contribution is -2.61. The molecular formula is C24H33NO16. The summed E-state index contributed by atoms with van der Waals surface area (Å²) in [6.07, 6.45) is -12.3. The van der Waals surface area contributed by atoms with E-state index < -0.39 is 96.8 Å². The van der Waals surface area contributed by atoms with E-state index in [9.17, 15) is 43.2 Å². The average Bonchev–Trinajstić information content (AvgIpc) is 2.78. The van der Waals surface area contributed by atoms with E-state index in [1.165, 1.54) is 0 Å². The Morgan fingerprint density at radius 2 is 0.829 bits per heavy atom. The predicted octanol–water partition coefficient (Wildman–Crippen LogP) is -1.20. The van der Waals surface area contributed by atoms with E-state index in [4.69, 9.17) is 33.2 Å². The highest BCUT2D eigenvalue weighted by Crippen LogP contribution is 2.26. The normalized spacial score (nSPS) is 14.7. The van der Waals surface area contributed by atoms with Gasteiger partial charge in [0.05, 0.1) is 0 Å². The van der Waals surface area contributed by atoms with Crippen LogP contribution in [-0.4, -0.2) is 96.8 Å². The summed E-state index contributed by atoms with van der Waals surface area (Å²) in [6, 6.07) is 0. The van der Waals surface area contributed by atoms with Gasteiger partial charge in [-0.3, -0.25) is 48.5 Å². The first-order valence-corrected chi connectivity index (χ1v) is 11.8. The highest BCUT2D eigenvalue weighted by molar-refractivity contribution is 5.97.